The average molecular weight is 297 g/mol. The first-order valence-electron chi connectivity index (χ1n) is 6.82. The van der Waals surface area contributed by atoms with Gasteiger partial charge in [-0.15, -0.1) is 0 Å². The molecule has 0 N–H and O–H groups in total. The van der Waals surface area contributed by atoms with Gasteiger partial charge in [0.15, 0.2) is 11.6 Å². The molecule has 0 fully saturated rings. The minimum atomic E-state index is -0.230. The monoisotopic (exact) mass is 297 g/mol. The molecule has 0 saturated carbocycles. The predicted octanol–water partition coefficient (Wildman–Crippen LogP) is 2.91. The van der Waals surface area contributed by atoms with Crippen LogP contribution in [0.15, 0.2) is 51.6 Å². The summed E-state index contributed by atoms with van der Waals surface area (Å²) in [6.45, 7) is 1.96. The second-order valence-corrected chi connectivity index (χ2v) is 4.92. The molecule has 0 aliphatic heterocycles. The minimum absolute atomic E-state index is 0.230. The van der Waals surface area contributed by atoms with Crippen molar-refractivity contribution in [1.82, 2.24) is 15.0 Å². The molecule has 0 spiro atoms. The molecule has 6 heteroatoms. The van der Waals surface area contributed by atoms with Crippen LogP contribution in [0.25, 0.3) is 11.1 Å². The molecule has 22 heavy (non-hydrogen) atoms. The summed E-state index contributed by atoms with van der Waals surface area (Å²) < 4.78 is 10.3. The van der Waals surface area contributed by atoms with E-state index in [4.69, 9.17) is 8.94 Å². The van der Waals surface area contributed by atoms with E-state index in [0.29, 0.717) is 17.5 Å². The van der Waals surface area contributed by atoms with E-state index in [0.717, 1.165) is 11.1 Å². The van der Waals surface area contributed by atoms with Gasteiger partial charge >= 0.3 is 0 Å². The van der Waals surface area contributed by atoms with E-state index in [9.17, 15) is 4.79 Å². The highest BCUT2D eigenvalue weighted by Gasteiger charge is 2.21. The molecule has 6 nitrogen and oxygen atoms in total. The third-order valence-electron chi connectivity index (χ3n) is 3.24. The number of hydrogen-bond donors (Lipinski definition) is 0. The van der Waals surface area contributed by atoms with Crippen molar-refractivity contribution in [1.29, 1.82) is 0 Å². The second-order valence-electron chi connectivity index (χ2n) is 4.92. The van der Waals surface area contributed by atoms with Gasteiger partial charge in [0.25, 0.3) is 5.91 Å². The molecule has 3 rings (SSSR count). The van der Waals surface area contributed by atoms with Crippen LogP contribution in [0.3, 0.4) is 0 Å². The van der Waals surface area contributed by atoms with Crippen LogP contribution in [0.1, 0.15) is 22.3 Å². The van der Waals surface area contributed by atoms with E-state index in [-0.39, 0.29) is 12.5 Å². The molecule has 112 valence electrons. The Hall–Kier alpha value is -2.89. The summed E-state index contributed by atoms with van der Waals surface area (Å²) in [5.74, 6) is 1.00. The molecule has 0 bridgehead atoms. The second kappa shape index (κ2) is 5.85. The molecule has 0 atom stereocenters. The van der Waals surface area contributed by atoms with Crippen LogP contribution in [0.5, 0.6) is 0 Å². The summed E-state index contributed by atoms with van der Waals surface area (Å²) in [7, 11) is 1.67. The van der Waals surface area contributed by atoms with Gasteiger partial charge in [0.2, 0.25) is 5.89 Å². The van der Waals surface area contributed by atoms with Crippen molar-refractivity contribution in [2.75, 3.05) is 7.05 Å². The van der Waals surface area contributed by atoms with Crippen molar-refractivity contribution in [2.24, 2.45) is 0 Å². The first-order chi connectivity index (χ1) is 10.6. The summed E-state index contributed by atoms with van der Waals surface area (Å²) in [4.78, 5) is 18.1. The van der Waals surface area contributed by atoms with E-state index in [2.05, 4.69) is 10.1 Å². The lowest BCUT2D eigenvalue weighted by atomic mass is 10.1. The van der Waals surface area contributed by atoms with Crippen LogP contribution in [0.4, 0.5) is 0 Å². The van der Waals surface area contributed by atoms with E-state index in [1.807, 2.05) is 30.3 Å². The lowest BCUT2D eigenvalue weighted by Gasteiger charge is -2.14. The first kappa shape index (κ1) is 14.1. The van der Waals surface area contributed by atoms with E-state index in [1.165, 1.54) is 11.2 Å². The number of nitrogens with zero attached hydrogens (tertiary/aromatic N) is 3. The van der Waals surface area contributed by atoms with E-state index < -0.39 is 0 Å². The van der Waals surface area contributed by atoms with Crippen molar-refractivity contribution in [3.8, 4) is 11.1 Å². The van der Waals surface area contributed by atoms with Gasteiger partial charge in [0, 0.05) is 19.5 Å². The number of carbonyl (C=O) groups is 1. The predicted molar refractivity (Wildman–Crippen MR) is 79.0 cm³/mol. The van der Waals surface area contributed by atoms with E-state index in [1.54, 1.807) is 20.0 Å². The van der Waals surface area contributed by atoms with Crippen LogP contribution in [0.2, 0.25) is 0 Å². The lowest BCUT2D eigenvalue weighted by Crippen LogP contribution is -2.26. The van der Waals surface area contributed by atoms with Gasteiger partial charge in [-0.05, 0) is 11.6 Å². The molecule has 3 aromatic rings. The lowest BCUT2D eigenvalue weighted by molar-refractivity contribution is 0.0750. The molecule has 0 radical (unpaired) electrons. The molecular formula is C16H15N3O3. The fraction of sp³-hybridized carbons (Fsp3) is 0.188. The Bertz CT molecular complexity index is 777. The molecule has 0 saturated heterocycles. The highest BCUT2D eigenvalue weighted by molar-refractivity contribution is 5.98. The van der Waals surface area contributed by atoms with Crippen molar-refractivity contribution in [3.05, 3.63) is 60.1 Å². The van der Waals surface area contributed by atoms with Gasteiger partial charge in [-0.3, -0.25) is 4.79 Å². The van der Waals surface area contributed by atoms with Crippen LogP contribution in [0, 0.1) is 6.92 Å². The number of rotatable bonds is 4. The molecule has 1 amide bonds. The maximum absolute atomic E-state index is 12.6. The Kier molecular flexibility index (Phi) is 3.74. The Labute approximate surface area is 127 Å². The highest BCUT2D eigenvalue weighted by Crippen LogP contribution is 2.25. The Morgan fingerprint density at radius 2 is 2.00 bits per heavy atom. The van der Waals surface area contributed by atoms with Gasteiger partial charge in [-0.1, -0.05) is 35.5 Å². The standard InChI is InChI=1S/C16H15N3O3/c1-11-17-14(18-22-11)10-19(2)16(20)15-13(8-9-21-15)12-6-4-3-5-7-12/h3-9H,10H2,1-2H3. The average Bonchev–Trinajstić information content (AvgIpc) is 3.16. The van der Waals surface area contributed by atoms with Crippen LogP contribution in [-0.4, -0.2) is 28.0 Å². The number of hydrogen-bond acceptors (Lipinski definition) is 5. The number of benzene rings is 1. The maximum atomic E-state index is 12.6. The number of carbonyl (C=O) groups excluding carboxylic acids is 1. The Morgan fingerprint density at radius 1 is 1.23 bits per heavy atom. The number of aryl methyl sites for hydroxylation is 1. The number of furan rings is 1. The summed E-state index contributed by atoms with van der Waals surface area (Å²) in [5, 5.41) is 3.79. The quantitative estimate of drug-likeness (QED) is 0.740. The molecule has 0 unspecified atom stereocenters. The summed E-state index contributed by atoms with van der Waals surface area (Å²) in [5.41, 5.74) is 1.70. The molecule has 2 heterocycles. The SMILES string of the molecule is Cc1nc(CN(C)C(=O)c2occc2-c2ccccc2)no1. The smallest absolute Gasteiger partial charge is 0.290 e. The van der Waals surface area contributed by atoms with Crippen LogP contribution < -0.4 is 0 Å². The zero-order valence-electron chi connectivity index (χ0n) is 12.3. The van der Waals surface area contributed by atoms with Crippen molar-refractivity contribution in [3.63, 3.8) is 0 Å². The van der Waals surface area contributed by atoms with Crippen molar-refractivity contribution >= 4 is 5.91 Å². The van der Waals surface area contributed by atoms with Gasteiger partial charge < -0.3 is 13.8 Å². The topological polar surface area (TPSA) is 72.4 Å². The molecule has 2 aromatic heterocycles. The normalized spacial score (nSPS) is 10.6. The first-order valence-corrected chi connectivity index (χ1v) is 6.82. The van der Waals surface area contributed by atoms with Crippen molar-refractivity contribution in [2.45, 2.75) is 13.5 Å². The maximum Gasteiger partial charge on any atom is 0.290 e. The third-order valence-corrected chi connectivity index (χ3v) is 3.24. The summed E-state index contributed by atoms with van der Waals surface area (Å²) in [6, 6.07) is 11.4. The zero-order valence-corrected chi connectivity index (χ0v) is 12.3. The van der Waals surface area contributed by atoms with Gasteiger partial charge in [-0.2, -0.15) is 4.98 Å². The fourth-order valence-corrected chi connectivity index (χ4v) is 2.18. The van der Waals surface area contributed by atoms with Crippen LogP contribution >= 0.6 is 0 Å². The third kappa shape index (κ3) is 2.76. The fourth-order valence-electron chi connectivity index (χ4n) is 2.18. The number of aromatic nitrogens is 2. The zero-order chi connectivity index (χ0) is 15.5. The van der Waals surface area contributed by atoms with Crippen LogP contribution in [-0.2, 0) is 6.54 Å². The summed E-state index contributed by atoms with van der Waals surface area (Å²) in [6.07, 6.45) is 1.52. The van der Waals surface area contributed by atoms with Gasteiger partial charge in [0.05, 0.1) is 12.8 Å². The summed E-state index contributed by atoms with van der Waals surface area (Å²) >= 11 is 0. The Balaban J connectivity index is 1.82. The Morgan fingerprint density at radius 3 is 2.68 bits per heavy atom. The molecule has 0 aliphatic rings. The number of amides is 1. The van der Waals surface area contributed by atoms with Crippen molar-refractivity contribution < 1.29 is 13.7 Å². The highest BCUT2D eigenvalue weighted by atomic mass is 16.5. The molecular weight excluding hydrogens is 282 g/mol. The van der Waals surface area contributed by atoms with Gasteiger partial charge in [0.1, 0.15) is 0 Å². The molecule has 0 aliphatic carbocycles. The van der Waals surface area contributed by atoms with Gasteiger partial charge in [-0.25, -0.2) is 0 Å². The minimum Gasteiger partial charge on any atom is -0.459 e. The van der Waals surface area contributed by atoms with E-state index >= 15 is 0 Å². The molecule has 1 aromatic carbocycles. The largest absolute Gasteiger partial charge is 0.459 e.